The number of amides is 2. The smallest absolute Gasteiger partial charge is 0.264 e. The van der Waals surface area contributed by atoms with Crippen LogP contribution in [0.2, 0.25) is 5.02 Å². The Morgan fingerprint density at radius 3 is 2.10 bits per heavy atom. The summed E-state index contributed by atoms with van der Waals surface area (Å²) >= 11 is 6.08. The molecule has 0 unspecified atom stereocenters. The molecule has 3 aromatic rings. The predicted molar refractivity (Wildman–Crippen MR) is 161 cm³/mol. The fourth-order valence-electron chi connectivity index (χ4n) is 4.43. The molecule has 0 heterocycles. The van der Waals surface area contributed by atoms with Crippen molar-refractivity contribution in [1.29, 1.82) is 0 Å². The lowest BCUT2D eigenvalue weighted by Crippen LogP contribution is -2.53. The number of sulfonamides is 1. The van der Waals surface area contributed by atoms with E-state index in [1.54, 1.807) is 54.6 Å². The van der Waals surface area contributed by atoms with E-state index in [1.807, 2.05) is 39.8 Å². The molecule has 0 spiro atoms. The summed E-state index contributed by atoms with van der Waals surface area (Å²) in [4.78, 5) is 29.1. The maximum atomic E-state index is 14.1. The number of para-hydroxylation sites is 1. The molecule has 3 rings (SSSR count). The zero-order valence-electron chi connectivity index (χ0n) is 23.5. The van der Waals surface area contributed by atoms with Gasteiger partial charge in [0.15, 0.2) is 0 Å². The van der Waals surface area contributed by atoms with Gasteiger partial charge in [0.05, 0.1) is 10.6 Å². The summed E-state index contributed by atoms with van der Waals surface area (Å²) in [6.07, 6.45) is 1.68. The molecule has 0 aliphatic carbocycles. The van der Waals surface area contributed by atoms with Crippen LogP contribution in [-0.2, 0) is 32.6 Å². The van der Waals surface area contributed by atoms with Crippen LogP contribution in [0.5, 0.6) is 0 Å². The summed E-state index contributed by atoms with van der Waals surface area (Å²) in [5.41, 5.74) is 2.00. The van der Waals surface area contributed by atoms with Crippen molar-refractivity contribution in [1.82, 2.24) is 10.2 Å². The van der Waals surface area contributed by atoms with Crippen LogP contribution in [0.15, 0.2) is 83.8 Å². The number of halogens is 1. The molecule has 7 nitrogen and oxygen atoms in total. The fourth-order valence-corrected chi connectivity index (χ4v) is 6.03. The van der Waals surface area contributed by atoms with Crippen LogP contribution in [0.1, 0.15) is 51.7 Å². The molecular formula is C31H38ClN3O4S. The second-order valence-corrected chi connectivity index (χ2v) is 12.0. The van der Waals surface area contributed by atoms with E-state index >= 15 is 0 Å². The minimum absolute atomic E-state index is 0.0691. The number of anilines is 1. The van der Waals surface area contributed by atoms with E-state index in [9.17, 15) is 18.0 Å². The second kappa shape index (κ2) is 14.3. The zero-order chi connectivity index (χ0) is 29.3. The van der Waals surface area contributed by atoms with Gasteiger partial charge in [-0.1, -0.05) is 80.9 Å². The third kappa shape index (κ3) is 7.64. The van der Waals surface area contributed by atoms with Gasteiger partial charge in [0.1, 0.15) is 12.6 Å². The topological polar surface area (TPSA) is 86.8 Å². The Morgan fingerprint density at radius 2 is 1.50 bits per heavy atom. The lowest BCUT2D eigenvalue weighted by molar-refractivity contribution is -0.140. The number of rotatable bonds is 13. The number of hydrogen-bond acceptors (Lipinski definition) is 4. The maximum Gasteiger partial charge on any atom is 0.264 e. The van der Waals surface area contributed by atoms with Gasteiger partial charge in [0.25, 0.3) is 10.0 Å². The molecule has 0 aliphatic rings. The second-order valence-electron chi connectivity index (χ2n) is 9.70. The van der Waals surface area contributed by atoms with Crippen molar-refractivity contribution < 1.29 is 18.0 Å². The third-order valence-electron chi connectivity index (χ3n) is 6.90. The van der Waals surface area contributed by atoms with E-state index in [2.05, 4.69) is 5.32 Å². The first-order chi connectivity index (χ1) is 19.1. The first-order valence-corrected chi connectivity index (χ1v) is 15.4. The molecule has 2 atom stereocenters. The van der Waals surface area contributed by atoms with Gasteiger partial charge >= 0.3 is 0 Å². The van der Waals surface area contributed by atoms with Crippen molar-refractivity contribution in [3.63, 3.8) is 0 Å². The molecule has 9 heteroatoms. The van der Waals surface area contributed by atoms with Crippen LogP contribution in [0.25, 0.3) is 0 Å². The summed E-state index contributed by atoms with van der Waals surface area (Å²) in [6, 6.07) is 21.4. The van der Waals surface area contributed by atoms with Crippen molar-refractivity contribution in [3.8, 4) is 0 Å². The number of benzene rings is 3. The molecule has 0 fully saturated rings. The van der Waals surface area contributed by atoms with E-state index < -0.39 is 28.5 Å². The lowest BCUT2D eigenvalue weighted by atomic mass is 10.1. The average Bonchev–Trinajstić information content (AvgIpc) is 2.96. The van der Waals surface area contributed by atoms with Gasteiger partial charge in [0.2, 0.25) is 11.8 Å². The number of carbonyl (C=O) groups is 2. The molecule has 0 radical (unpaired) electrons. The molecule has 0 saturated heterocycles. The average molecular weight is 584 g/mol. The van der Waals surface area contributed by atoms with Crippen molar-refractivity contribution >= 4 is 39.1 Å². The number of aryl methyl sites for hydroxylation is 1. The predicted octanol–water partition coefficient (Wildman–Crippen LogP) is 5.82. The third-order valence-corrected chi connectivity index (χ3v) is 8.93. The summed E-state index contributed by atoms with van der Waals surface area (Å²) in [5, 5.41) is 3.54. The summed E-state index contributed by atoms with van der Waals surface area (Å²) < 4.78 is 29.1. The highest BCUT2D eigenvalue weighted by atomic mass is 35.5. The van der Waals surface area contributed by atoms with Crippen LogP contribution < -0.4 is 9.62 Å². The van der Waals surface area contributed by atoms with Crippen molar-refractivity contribution in [3.05, 3.63) is 95.0 Å². The molecule has 0 saturated carbocycles. The number of hydrogen-bond donors (Lipinski definition) is 1. The summed E-state index contributed by atoms with van der Waals surface area (Å²) in [7, 11) is -4.10. The highest BCUT2D eigenvalue weighted by Crippen LogP contribution is 2.28. The van der Waals surface area contributed by atoms with Gasteiger partial charge in [-0.15, -0.1) is 0 Å². The molecule has 1 N–H and O–H groups in total. The van der Waals surface area contributed by atoms with Gasteiger partial charge < -0.3 is 10.2 Å². The minimum Gasteiger partial charge on any atom is -0.352 e. The van der Waals surface area contributed by atoms with E-state index in [4.69, 9.17) is 11.6 Å². The van der Waals surface area contributed by atoms with E-state index in [-0.39, 0.29) is 23.4 Å². The number of carbonyl (C=O) groups excluding carboxylic acids is 2. The SMILES string of the molecule is CCc1ccccc1N(CC(=O)N(Cc1ccc(Cl)cc1)[C@H](CC)C(=O)N[C@H](C)CC)S(=O)(=O)c1ccccc1. The minimum atomic E-state index is -4.10. The van der Waals surface area contributed by atoms with Crippen LogP contribution >= 0.6 is 11.6 Å². The van der Waals surface area contributed by atoms with Crippen LogP contribution in [-0.4, -0.2) is 43.8 Å². The Hall–Kier alpha value is -3.36. The fraction of sp³-hybridized carbons (Fsp3) is 0.355. The van der Waals surface area contributed by atoms with Gasteiger partial charge in [-0.05, 0) is 67.6 Å². The van der Waals surface area contributed by atoms with Gasteiger partial charge in [-0.25, -0.2) is 8.42 Å². The van der Waals surface area contributed by atoms with Crippen LogP contribution in [0.3, 0.4) is 0 Å². The molecule has 2 amide bonds. The normalized spacial score (nSPS) is 12.8. The Labute approximate surface area is 243 Å². The number of nitrogens with one attached hydrogen (secondary N) is 1. The Morgan fingerprint density at radius 1 is 0.875 bits per heavy atom. The standard InChI is InChI=1S/C31H38ClN3O4S/c1-5-23(4)33-31(37)28(7-3)34(21-24-17-19-26(32)20-18-24)30(36)22-35(29-16-12-11-13-25(29)6-2)40(38,39)27-14-9-8-10-15-27/h8-20,23,28H,5-7,21-22H2,1-4H3,(H,33,37)/t23-,28-/m1/s1. The summed E-state index contributed by atoms with van der Waals surface area (Å²) in [6.45, 7) is 7.32. The molecule has 3 aromatic carbocycles. The molecule has 40 heavy (non-hydrogen) atoms. The van der Waals surface area contributed by atoms with Gasteiger partial charge in [-0.2, -0.15) is 0 Å². The summed E-state index contributed by atoms with van der Waals surface area (Å²) in [5.74, 6) is -0.753. The van der Waals surface area contributed by atoms with E-state index in [0.29, 0.717) is 23.6 Å². The van der Waals surface area contributed by atoms with Crippen molar-refractivity contribution in [2.45, 2.75) is 70.5 Å². The molecule has 0 aromatic heterocycles. The largest absolute Gasteiger partial charge is 0.352 e. The quantitative estimate of drug-likeness (QED) is 0.275. The van der Waals surface area contributed by atoms with Gasteiger partial charge in [0, 0.05) is 17.6 Å². The molecule has 0 aliphatic heterocycles. The highest BCUT2D eigenvalue weighted by molar-refractivity contribution is 7.92. The Kier molecular flexibility index (Phi) is 11.2. The Bertz CT molecular complexity index is 1380. The zero-order valence-corrected chi connectivity index (χ0v) is 25.1. The lowest BCUT2D eigenvalue weighted by Gasteiger charge is -2.34. The van der Waals surface area contributed by atoms with Gasteiger partial charge in [-0.3, -0.25) is 13.9 Å². The molecule has 0 bridgehead atoms. The highest BCUT2D eigenvalue weighted by Gasteiger charge is 2.34. The van der Waals surface area contributed by atoms with Crippen LogP contribution in [0.4, 0.5) is 5.69 Å². The Balaban J connectivity index is 2.08. The molecular weight excluding hydrogens is 546 g/mol. The van der Waals surface area contributed by atoms with E-state index in [1.165, 1.54) is 17.0 Å². The monoisotopic (exact) mass is 583 g/mol. The van der Waals surface area contributed by atoms with Crippen molar-refractivity contribution in [2.75, 3.05) is 10.8 Å². The van der Waals surface area contributed by atoms with E-state index in [0.717, 1.165) is 21.9 Å². The van der Waals surface area contributed by atoms with Crippen LogP contribution in [0, 0.1) is 0 Å². The first-order valence-electron chi connectivity index (χ1n) is 13.6. The van der Waals surface area contributed by atoms with Crippen molar-refractivity contribution in [2.24, 2.45) is 0 Å². The number of nitrogens with zero attached hydrogens (tertiary/aromatic N) is 2. The first kappa shape index (κ1) is 31.2. The maximum absolute atomic E-state index is 14.1. The molecule has 214 valence electrons.